The summed E-state index contributed by atoms with van der Waals surface area (Å²) < 4.78 is 26.9. The van der Waals surface area contributed by atoms with E-state index >= 15 is 0 Å². The Morgan fingerprint density at radius 3 is 2.89 bits per heavy atom. The molecule has 140 valence electrons. The minimum atomic E-state index is -0.583. The molecule has 5 rings (SSSR count). The lowest BCUT2D eigenvalue weighted by Gasteiger charge is -2.05. The second-order valence-corrected chi connectivity index (χ2v) is 6.05. The van der Waals surface area contributed by atoms with Crippen LogP contribution >= 0.6 is 0 Å². The molecule has 0 N–H and O–H groups in total. The van der Waals surface area contributed by atoms with E-state index < -0.39 is 5.63 Å². The van der Waals surface area contributed by atoms with Gasteiger partial charge in [-0.15, -0.1) is 0 Å². The minimum absolute atomic E-state index is 0.0742. The molecule has 2 aromatic carbocycles. The third-order valence-corrected chi connectivity index (χ3v) is 4.31. The molecule has 0 fully saturated rings. The zero-order valence-corrected chi connectivity index (χ0v) is 14.8. The van der Waals surface area contributed by atoms with Gasteiger partial charge < -0.3 is 23.2 Å². The number of para-hydroxylation sites is 1. The molecule has 0 saturated carbocycles. The van der Waals surface area contributed by atoms with Crippen LogP contribution in [0, 0.1) is 0 Å². The zero-order chi connectivity index (χ0) is 19.1. The van der Waals surface area contributed by atoms with Crippen LogP contribution in [-0.2, 0) is 0 Å². The molecule has 1 aliphatic heterocycles. The fourth-order valence-electron chi connectivity index (χ4n) is 3.02. The Morgan fingerprint density at radius 1 is 1.11 bits per heavy atom. The van der Waals surface area contributed by atoms with Crippen LogP contribution in [0.15, 0.2) is 56.2 Å². The van der Waals surface area contributed by atoms with Crippen LogP contribution in [0.2, 0.25) is 0 Å². The van der Waals surface area contributed by atoms with E-state index in [4.69, 9.17) is 23.2 Å². The van der Waals surface area contributed by atoms with Gasteiger partial charge in [0, 0.05) is 10.9 Å². The van der Waals surface area contributed by atoms with E-state index in [2.05, 4.69) is 10.1 Å². The highest BCUT2D eigenvalue weighted by atomic mass is 16.7. The molecule has 0 unspecified atom stereocenters. The Bertz CT molecular complexity index is 1240. The van der Waals surface area contributed by atoms with E-state index in [0.717, 1.165) is 0 Å². The Hall–Kier alpha value is -3.81. The summed E-state index contributed by atoms with van der Waals surface area (Å²) in [5.41, 5.74) is 0.665. The van der Waals surface area contributed by atoms with Crippen molar-refractivity contribution in [1.82, 2.24) is 10.1 Å². The molecule has 8 heteroatoms. The molecule has 0 aliphatic carbocycles. The number of ether oxygens (including phenoxy) is 3. The molecule has 3 heterocycles. The zero-order valence-electron chi connectivity index (χ0n) is 14.8. The third-order valence-electron chi connectivity index (χ3n) is 4.31. The van der Waals surface area contributed by atoms with E-state index in [1.165, 1.54) is 0 Å². The highest BCUT2D eigenvalue weighted by molar-refractivity contribution is 5.85. The first-order valence-corrected chi connectivity index (χ1v) is 8.66. The van der Waals surface area contributed by atoms with Crippen LogP contribution < -0.4 is 19.8 Å². The number of fused-ring (bicyclic) bond motifs is 2. The molecule has 0 bridgehead atoms. The quantitative estimate of drug-likeness (QED) is 0.497. The van der Waals surface area contributed by atoms with Crippen molar-refractivity contribution in [2.24, 2.45) is 0 Å². The van der Waals surface area contributed by atoms with Gasteiger partial charge in [-0.1, -0.05) is 17.3 Å². The summed E-state index contributed by atoms with van der Waals surface area (Å²) in [6.07, 6.45) is 0. The van der Waals surface area contributed by atoms with Crippen LogP contribution in [0.1, 0.15) is 6.92 Å². The number of aromatic nitrogens is 2. The summed E-state index contributed by atoms with van der Waals surface area (Å²) in [7, 11) is 0. The number of hydrogen-bond acceptors (Lipinski definition) is 8. The lowest BCUT2D eigenvalue weighted by molar-refractivity contribution is 0.174. The van der Waals surface area contributed by atoms with Gasteiger partial charge in [0.15, 0.2) is 22.8 Å². The molecule has 28 heavy (non-hydrogen) atoms. The number of rotatable bonds is 4. The molecule has 0 atom stereocenters. The first-order valence-electron chi connectivity index (χ1n) is 8.66. The third kappa shape index (κ3) is 2.66. The van der Waals surface area contributed by atoms with Gasteiger partial charge in [0.2, 0.25) is 12.6 Å². The topological polar surface area (TPSA) is 96.8 Å². The molecule has 0 amide bonds. The summed E-state index contributed by atoms with van der Waals surface area (Å²) in [6.45, 7) is 2.51. The summed E-state index contributed by atoms with van der Waals surface area (Å²) >= 11 is 0. The standard InChI is InChI=1S/C20H14N2O6/c1-2-24-15-5-3-4-11-8-13(20(23)27-17(11)15)19-21-18(22-28-19)12-6-7-14-16(9-12)26-10-25-14/h3-9H,2,10H2,1H3. The maximum absolute atomic E-state index is 12.5. The van der Waals surface area contributed by atoms with Gasteiger partial charge in [0.25, 0.3) is 5.89 Å². The van der Waals surface area contributed by atoms with Gasteiger partial charge in [-0.25, -0.2) is 4.79 Å². The monoisotopic (exact) mass is 378 g/mol. The van der Waals surface area contributed by atoms with E-state index in [1.54, 1.807) is 30.3 Å². The van der Waals surface area contributed by atoms with E-state index in [1.807, 2.05) is 19.1 Å². The van der Waals surface area contributed by atoms with Crippen molar-refractivity contribution in [2.45, 2.75) is 6.92 Å². The summed E-state index contributed by atoms with van der Waals surface area (Å²) in [5.74, 6) is 2.18. The number of benzene rings is 2. The van der Waals surface area contributed by atoms with Crippen LogP contribution in [0.25, 0.3) is 33.8 Å². The van der Waals surface area contributed by atoms with Gasteiger partial charge in [0.1, 0.15) is 5.56 Å². The molecule has 2 aromatic heterocycles. The van der Waals surface area contributed by atoms with Crippen molar-refractivity contribution in [3.05, 3.63) is 52.9 Å². The second-order valence-electron chi connectivity index (χ2n) is 6.05. The summed E-state index contributed by atoms with van der Waals surface area (Å²) in [4.78, 5) is 16.8. The predicted octanol–water partition coefficient (Wildman–Crippen LogP) is 3.64. The van der Waals surface area contributed by atoms with Crippen molar-refractivity contribution in [2.75, 3.05) is 13.4 Å². The van der Waals surface area contributed by atoms with Gasteiger partial charge in [-0.3, -0.25) is 0 Å². The molecule has 8 nitrogen and oxygen atoms in total. The lowest BCUT2D eigenvalue weighted by atomic mass is 10.1. The van der Waals surface area contributed by atoms with E-state index in [-0.39, 0.29) is 18.2 Å². The Balaban J connectivity index is 1.56. The molecule has 0 spiro atoms. The molecule has 0 saturated heterocycles. The smallest absolute Gasteiger partial charge is 0.349 e. The Labute approximate surface area is 158 Å². The van der Waals surface area contributed by atoms with Gasteiger partial charge in [0.05, 0.1) is 6.61 Å². The normalized spacial score (nSPS) is 12.5. The fraction of sp³-hybridized carbons (Fsp3) is 0.150. The van der Waals surface area contributed by atoms with E-state index in [0.29, 0.717) is 46.2 Å². The number of hydrogen-bond donors (Lipinski definition) is 0. The number of nitrogens with zero attached hydrogens (tertiary/aromatic N) is 2. The molecule has 4 aromatic rings. The van der Waals surface area contributed by atoms with Crippen molar-refractivity contribution in [1.29, 1.82) is 0 Å². The summed E-state index contributed by atoms with van der Waals surface area (Å²) in [5, 5.41) is 4.67. The average Bonchev–Trinajstić information content (AvgIpc) is 3.37. The second kappa shape index (κ2) is 6.41. The average molecular weight is 378 g/mol. The molecule has 1 aliphatic rings. The van der Waals surface area contributed by atoms with Gasteiger partial charge in [-0.2, -0.15) is 4.98 Å². The maximum Gasteiger partial charge on any atom is 0.349 e. The van der Waals surface area contributed by atoms with Crippen molar-refractivity contribution < 1.29 is 23.2 Å². The van der Waals surface area contributed by atoms with Gasteiger partial charge in [-0.05, 0) is 37.3 Å². The van der Waals surface area contributed by atoms with Gasteiger partial charge >= 0.3 is 5.63 Å². The van der Waals surface area contributed by atoms with Crippen LogP contribution in [0.5, 0.6) is 17.2 Å². The van der Waals surface area contributed by atoms with Crippen molar-refractivity contribution in [3.63, 3.8) is 0 Å². The van der Waals surface area contributed by atoms with Crippen LogP contribution in [-0.4, -0.2) is 23.5 Å². The molecular weight excluding hydrogens is 364 g/mol. The minimum Gasteiger partial charge on any atom is -0.490 e. The first kappa shape index (κ1) is 16.4. The highest BCUT2D eigenvalue weighted by Crippen LogP contribution is 2.35. The van der Waals surface area contributed by atoms with E-state index in [9.17, 15) is 4.79 Å². The van der Waals surface area contributed by atoms with Crippen molar-refractivity contribution >= 4 is 11.0 Å². The Kier molecular flexibility index (Phi) is 3.75. The van der Waals surface area contributed by atoms with Crippen LogP contribution in [0.3, 0.4) is 0 Å². The lowest BCUT2D eigenvalue weighted by Crippen LogP contribution is -2.04. The molecular formula is C20H14N2O6. The predicted molar refractivity (Wildman–Crippen MR) is 98.5 cm³/mol. The van der Waals surface area contributed by atoms with Crippen molar-refractivity contribution in [3.8, 4) is 40.1 Å². The SMILES string of the molecule is CCOc1cccc2cc(-c3nc(-c4ccc5c(c4)OCO5)no3)c(=O)oc12. The highest BCUT2D eigenvalue weighted by Gasteiger charge is 2.19. The summed E-state index contributed by atoms with van der Waals surface area (Å²) in [6, 6.07) is 12.4. The largest absolute Gasteiger partial charge is 0.490 e. The van der Waals surface area contributed by atoms with Crippen LogP contribution in [0.4, 0.5) is 0 Å². The maximum atomic E-state index is 12.5. The fourth-order valence-corrected chi connectivity index (χ4v) is 3.02. The molecule has 0 radical (unpaired) electrons. The first-order chi connectivity index (χ1) is 13.7. The Morgan fingerprint density at radius 2 is 2.00 bits per heavy atom.